The topological polar surface area (TPSA) is 278 Å². The molecule has 9 N–H and O–H groups in total. The van der Waals surface area contributed by atoms with Crippen LogP contribution in [0, 0.1) is 0 Å². The zero-order valence-electron chi connectivity index (χ0n) is 11.5. The van der Waals surface area contributed by atoms with Crippen LogP contribution in [0.25, 0.3) is 0 Å². The number of nitrogens with zero attached hydrogens (tertiary/aromatic N) is 9. The number of hydrogen-bond acceptors (Lipinski definition) is 12. The van der Waals surface area contributed by atoms with Crippen molar-refractivity contribution in [1.82, 2.24) is 31.2 Å². The minimum Gasteiger partial charge on any atom is -0.273 e. The van der Waals surface area contributed by atoms with E-state index in [9.17, 15) is 14.4 Å². The molecular formula is C6H9N15O3. The number of nitrogens with one attached hydrogen (secondary N) is 3. The van der Waals surface area contributed by atoms with Crippen LogP contribution in [0.15, 0.2) is 30.7 Å². The minimum atomic E-state index is -1.01. The highest BCUT2D eigenvalue weighted by Crippen LogP contribution is 2.17. The molecule has 0 aliphatic carbocycles. The van der Waals surface area contributed by atoms with Gasteiger partial charge in [0.05, 0.1) is 0 Å². The Morgan fingerprint density at radius 2 is 0.875 bits per heavy atom. The molecule has 0 aliphatic rings. The summed E-state index contributed by atoms with van der Waals surface area (Å²) in [6.45, 7) is 0. The summed E-state index contributed by atoms with van der Waals surface area (Å²) in [5, 5.41) is 19.1. The molecule has 18 nitrogen and oxygen atoms in total. The molecular weight excluding hydrogens is 330 g/mol. The van der Waals surface area contributed by atoms with E-state index in [4.69, 9.17) is 17.5 Å². The van der Waals surface area contributed by atoms with Gasteiger partial charge in [-0.2, -0.15) is 15.0 Å². The first-order valence-corrected chi connectivity index (χ1v) is 5.51. The maximum atomic E-state index is 10.9. The number of rotatable bonds is 3. The fourth-order valence-corrected chi connectivity index (χ4v) is 0.834. The van der Waals surface area contributed by atoms with E-state index < -0.39 is 35.9 Å². The summed E-state index contributed by atoms with van der Waals surface area (Å²) in [7, 11) is 0. The maximum absolute atomic E-state index is 10.9. The molecule has 0 saturated carbocycles. The van der Waals surface area contributed by atoms with Crippen molar-refractivity contribution < 1.29 is 14.4 Å². The van der Waals surface area contributed by atoms with Gasteiger partial charge in [0.15, 0.2) is 0 Å². The molecule has 126 valence electrons. The molecule has 1 heterocycles. The van der Waals surface area contributed by atoms with Crippen LogP contribution in [-0.4, -0.2) is 33.0 Å². The zero-order chi connectivity index (χ0) is 17.9. The first-order valence-electron chi connectivity index (χ1n) is 5.51. The molecule has 1 rings (SSSR count). The Kier molecular flexibility index (Phi) is 6.95. The number of urea groups is 3. The zero-order valence-corrected chi connectivity index (χ0v) is 11.5. The van der Waals surface area contributed by atoms with E-state index in [1.54, 1.807) is 16.3 Å². The lowest BCUT2D eigenvalue weighted by molar-refractivity contribution is 0.247. The number of nitrogens with two attached hydrogens (primary N) is 3. The predicted octanol–water partition coefficient (Wildman–Crippen LogP) is -1.13. The van der Waals surface area contributed by atoms with Gasteiger partial charge in [-0.1, -0.05) is 15.3 Å². The van der Waals surface area contributed by atoms with Crippen LogP contribution in [0.3, 0.4) is 0 Å². The van der Waals surface area contributed by atoms with Gasteiger partial charge < -0.3 is 0 Å². The maximum Gasteiger partial charge on any atom is 0.373 e. The molecule has 0 unspecified atom stereocenters. The Labute approximate surface area is 131 Å². The van der Waals surface area contributed by atoms with Crippen LogP contribution in [0.2, 0.25) is 0 Å². The van der Waals surface area contributed by atoms with Crippen molar-refractivity contribution in [3.8, 4) is 0 Å². The van der Waals surface area contributed by atoms with Crippen LogP contribution in [0.5, 0.6) is 0 Å². The fourth-order valence-electron chi connectivity index (χ4n) is 0.834. The third kappa shape index (κ3) is 6.25. The van der Waals surface area contributed by atoms with E-state index in [1.165, 1.54) is 0 Å². The van der Waals surface area contributed by atoms with Crippen molar-refractivity contribution in [2.75, 3.05) is 0 Å². The quantitative estimate of drug-likeness (QED) is 0.168. The molecule has 24 heavy (non-hydrogen) atoms. The Bertz CT molecular complexity index is 602. The molecule has 18 heteroatoms. The van der Waals surface area contributed by atoms with Gasteiger partial charge in [-0.3, -0.25) is 16.3 Å². The molecule has 1 aromatic heterocycles. The van der Waals surface area contributed by atoms with Crippen molar-refractivity contribution in [3.05, 3.63) is 0 Å². The molecule has 0 aliphatic heterocycles. The molecule has 0 aromatic carbocycles. The van der Waals surface area contributed by atoms with Crippen molar-refractivity contribution in [1.29, 1.82) is 0 Å². The molecule has 0 fully saturated rings. The van der Waals surface area contributed by atoms with E-state index in [0.29, 0.717) is 0 Å². The van der Waals surface area contributed by atoms with Crippen LogP contribution in [-0.2, 0) is 0 Å². The lowest BCUT2D eigenvalue weighted by Gasteiger charge is -1.96. The summed E-state index contributed by atoms with van der Waals surface area (Å²) < 4.78 is 0. The second kappa shape index (κ2) is 9.19. The molecule has 0 bridgehead atoms. The van der Waals surface area contributed by atoms with E-state index >= 15 is 0 Å². The van der Waals surface area contributed by atoms with Gasteiger partial charge in [0.25, 0.3) is 17.8 Å². The number of aromatic nitrogens is 3. The Hall–Kier alpha value is -3.90. The summed E-state index contributed by atoms with van der Waals surface area (Å²) in [6, 6.07) is -3.02. The second-order valence-electron chi connectivity index (χ2n) is 3.18. The van der Waals surface area contributed by atoms with Crippen molar-refractivity contribution in [3.63, 3.8) is 0 Å². The van der Waals surface area contributed by atoms with Gasteiger partial charge in [-0.15, -0.1) is 15.3 Å². The molecule has 0 atom stereocenters. The van der Waals surface area contributed by atoms with E-state index in [1.807, 2.05) is 0 Å². The molecule has 0 spiro atoms. The predicted molar refractivity (Wildman–Crippen MR) is 71.5 cm³/mol. The largest absolute Gasteiger partial charge is 0.373 e. The van der Waals surface area contributed by atoms with E-state index in [2.05, 4.69) is 45.6 Å². The van der Waals surface area contributed by atoms with Gasteiger partial charge in [-0.05, 0) is 0 Å². The normalized spacial score (nSPS) is 11.1. The highest BCUT2D eigenvalue weighted by molar-refractivity contribution is 5.74. The molecule has 6 amide bonds. The van der Waals surface area contributed by atoms with Crippen LogP contribution < -0.4 is 33.8 Å². The smallest absolute Gasteiger partial charge is 0.273 e. The average Bonchev–Trinajstić information content (AvgIpc) is 2.61. The first kappa shape index (κ1) is 18.1. The number of carbonyl (C=O) groups is 3. The number of hydrogen-bond donors (Lipinski definition) is 6. The second-order valence-corrected chi connectivity index (χ2v) is 3.18. The van der Waals surface area contributed by atoms with Gasteiger partial charge in [-0.25, -0.2) is 31.9 Å². The fraction of sp³-hybridized carbons (Fsp3) is 0. The van der Waals surface area contributed by atoms with Gasteiger partial charge >= 0.3 is 18.1 Å². The van der Waals surface area contributed by atoms with Crippen molar-refractivity contribution in [2.45, 2.75) is 0 Å². The molecule has 1 aromatic rings. The summed E-state index contributed by atoms with van der Waals surface area (Å²) in [5.41, 5.74) is 5.02. The number of carbonyl (C=O) groups excluding carboxylic acids is 3. The first-order chi connectivity index (χ1) is 11.5. The van der Waals surface area contributed by atoms with Crippen molar-refractivity contribution in [2.24, 2.45) is 48.2 Å². The number of hydrazine groups is 3. The molecule has 0 radical (unpaired) electrons. The monoisotopic (exact) mass is 339 g/mol. The van der Waals surface area contributed by atoms with Crippen LogP contribution in [0.1, 0.15) is 0 Å². The minimum absolute atomic E-state index is 0.474. The third-order valence-corrected chi connectivity index (χ3v) is 1.66. The highest BCUT2D eigenvalue weighted by Gasteiger charge is 2.07. The van der Waals surface area contributed by atoms with Crippen LogP contribution in [0.4, 0.5) is 32.2 Å². The lowest BCUT2D eigenvalue weighted by Crippen LogP contribution is -2.26. The number of azo groups is 3. The standard InChI is InChI=1S/C6H9N15O3/c7-13-4(22)19-16-1-10-2(17-20-5(23)14-8)12-3(11-1)18-21-6(24)15-9/h7-9H2,(H,13,22)(H,14,23)(H,15,24). The van der Waals surface area contributed by atoms with Gasteiger partial charge in [0, 0.05) is 0 Å². The van der Waals surface area contributed by atoms with Crippen molar-refractivity contribution >= 4 is 35.9 Å². The lowest BCUT2D eigenvalue weighted by atomic mass is 10.8. The van der Waals surface area contributed by atoms with Crippen LogP contribution >= 0.6 is 0 Å². The number of amides is 6. The van der Waals surface area contributed by atoms with Gasteiger partial charge in [0.1, 0.15) is 0 Å². The third-order valence-electron chi connectivity index (χ3n) is 1.66. The molecule has 0 saturated heterocycles. The Morgan fingerprint density at radius 3 is 1.08 bits per heavy atom. The summed E-state index contributed by atoms with van der Waals surface area (Å²) in [5.74, 6) is 13.0. The average molecular weight is 339 g/mol. The Balaban J connectivity index is 3.18. The summed E-state index contributed by atoms with van der Waals surface area (Å²) >= 11 is 0. The highest BCUT2D eigenvalue weighted by atomic mass is 16.2. The van der Waals surface area contributed by atoms with E-state index in [-0.39, 0.29) is 0 Å². The Morgan fingerprint density at radius 1 is 0.625 bits per heavy atom. The summed E-state index contributed by atoms with van der Waals surface area (Å²) in [4.78, 5) is 43.4. The SMILES string of the molecule is NNC(=O)N=Nc1nc(N=NC(=O)NN)nc(N=NC(=O)NN)n1. The summed E-state index contributed by atoms with van der Waals surface area (Å²) in [6.07, 6.45) is 0. The van der Waals surface area contributed by atoms with Gasteiger partial charge in [0.2, 0.25) is 0 Å². The van der Waals surface area contributed by atoms with E-state index in [0.717, 1.165) is 0 Å².